The van der Waals surface area contributed by atoms with E-state index in [4.69, 9.17) is 4.74 Å². The van der Waals surface area contributed by atoms with Gasteiger partial charge in [0.25, 0.3) is 0 Å². The first kappa shape index (κ1) is 11.3. The normalized spacial score (nSPS) is 18.4. The Kier molecular flexibility index (Phi) is 2.80. The Bertz CT molecular complexity index is 563. The van der Waals surface area contributed by atoms with Crippen molar-refractivity contribution in [3.8, 4) is 17.0 Å². The molecule has 3 rings (SSSR count). The second kappa shape index (κ2) is 4.46. The Hall–Kier alpha value is -1.81. The van der Waals surface area contributed by atoms with Crippen LogP contribution in [0.1, 0.15) is 12.2 Å². The molecule has 1 N–H and O–H groups in total. The van der Waals surface area contributed by atoms with E-state index in [1.165, 1.54) is 0 Å². The molecule has 1 aromatic heterocycles. The van der Waals surface area contributed by atoms with E-state index < -0.39 is 0 Å². The Morgan fingerprint density at radius 1 is 1.39 bits per heavy atom. The minimum Gasteiger partial charge on any atom is -0.496 e. The van der Waals surface area contributed by atoms with E-state index in [-0.39, 0.29) is 6.10 Å². The minimum atomic E-state index is -0.259. The minimum absolute atomic E-state index is 0.259. The predicted octanol–water partition coefficient (Wildman–Crippen LogP) is 1.87. The van der Waals surface area contributed by atoms with Crippen LogP contribution in [0, 0.1) is 0 Å². The van der Waals surface area contributed by atoms with Crippen LogP contribution in [-0.2, 0) is 13.0 Å². The van der Waals surface area contributed by atoms with Crippen LogP contribution in [0.5, 0.6) is 5.75 Å². The molecule has 1 atom stereocenters. The first-order valence-corrected chi connectivity index (χ1v) is 6.15. The molecule has 1 aliphatic rings. The molecular formula is C14H16N2O2. The number of benzene rings is 1. The summed E-state index contributed by atoms with van der Waals surface area (Å²) in [5, 5.41) is 9.66. The van der Waals surface area contributed by atoms with Crippen LogP contribution >= 0.6 is 0 Å². The first-order chi connectivity index (χ1) is 8.78. The summed E-state index contributed by atoms with van der Waals surface area (Å²) >= 11 is 0. The van der Waals surface area contributed by atoms with E-state index in [1.807, 2.05) is 30.5 Å². The lowest BCUT2D eigenvalue weighted by molar-refractivity contribution is 0.141. The molecule has 4 heteroatoms. The summed E-state index contributed by atoms with van der Waals surface area (Å²) in [6.45, 7) is 0.832. The van der Waals surface area contributed by atoms with Crippen LogP contribution in [0.25, 0.3) is 11.3 Å². The Morgan fingerprint density at radius 2 is 2.22 bits per heavy atom. The van der Waals surface area contributed by atoms with Crippen molar-refractivity contribution in [2.24, 2.45) is 0 Å². The van der Waals surface area contributed by atoms with Crippen molar-refractivity contribution in [2.75, 3.05) is 7.11 Å². The predicted molar refractivity (Wildman–Crippen MR) is 68.5 cm³/mol. The summed E-state index contributed by atoms with van der Waals surface area (Å²) in [5.74, 6) is 1.78. The smallest absolute Gasteiger partial charge is 0.128 e. The van der Waals surface area contributed by atoms with Crippen LogP contribution in [0.3, 0.4) is 0 Å². The number of ether oxygens (including phenoxy) is 1. The molecule has 0 amide bonds. The van der Waals surface area contributed by atoms with E-state index in [0.717, 1.165) is 35.8 Å². The van der Waals surface area contributed by atoms with E-state index >= 15 is 0 Å². The van der Waals surface area contributed by atoms with Crippen molar-refractivity contribution in [2.45, 2.75) is 25.5 Å². The highest BCUT2D eigenvalue weighted by Crippen LogP contribution is 2.30. The van der Waals surface area contributed by atoms with Gasteiger partial charge in [0.2, 0.25) is 0 Å². The van der Waals surface area contributed by atoms with Gasteiger partial charge in [-0.05, 0) is 18.6 Å². The molecule has 0 radical (unpaired) electrons. The fourth-order valence-electron chi connectivity index (χ4n) is 2.40. The number of hydrogen-bond acceptors (Lipinski definition) is 3. The molecule has 0 bridgehead atoms. The number of fused-ring (bicyclic) bond motifs is 1. The van der Waals surface area contributed by atoms with Gasteiger partial charge in [0.05, 0.1) is 18.9 Å². The van der Waals surface area contributed by atoms with E-state index in [0.29, 0.717) is 6.42 Å². The van der Waals surface area contributed by atoms with Gasteiger partial charge in [0.15, 0.2) is 0 Å². The molecule has 0 fully saturated rings. The maximum absolute atomic E-state index is 9.66. The monoisotopic (exact) mass is 244 g/mol. The highest BCUT2D eigenvalue weighted by Gasteiger charge is 2.20. The maximum Gasteiger partial charge on any atom is 0.128 e. The standard InChI is InChI=1S/C14H16N2O2/c1-18-13-5-3-2-4-11(13)12-9-16-7-6-10(17)8-14(16)15-12/h2-5,9-10,17H,6-8H2,1H3. The van der Waals surface area contributed by atoms with Gasteiger partial charge >= 0.3 is 0 Å². The van der Waals surface area contributed by atoms with Crippen molar-refractivity contribution in [1.29, 1.82) is 0 Å². The second-order valence-electron chi connectivity index (χ2n) is 4.58. The van der Waals surface area contributed by atoms with Gasteiger partial charge in [-0.25, -0.2) is 4.98 Å². The van der Waals surface area contributed by atoms with Crippen molar-refractivity contribution in [1.82, 2.24) is 9.55 Å². The topological polar surface area (TPSA) is 47.3 Å². The first-order valence-electron chi connectivity index (χ1n) is 6.15. The zero-order valence-corrected chi connectivity index (χ0v) is 10.3. The van der Waals surface area contributed by atoms with Crippen LogP contribution < -0.4 is 4.74 Å². The maximum atomic E-state index is 9.66. The van der Waals surface area contributed by atoms with Crippen LogP contribution in [0.15, 0.2) is 30.5 Å². The third-order valence-corrected chi connectivity index (χ3v) is 3.36. The number of imidazole rings is 1. The fraction of sp³-hybridized carbons (Fsp3) is 0.357. The van der Waals surface area contributed by atoms with Crippen molar-refractivity contribution in [3.05, 3.63) is 36.3 Å². The summed E-state index contributed by atoms with van der Waals surface area (Å²) in [4.78, 5) is 4.60. The number of rotatable bonds is 2. The number of aryl methyl sites for hydroxylation is 1. The molecule has 0 aliphatic carbocycles. The van der Waals surface area contributed by atoms with Crippen molar-refractivity contribution >= 4 is 0 Å². The van der Waals surface area contributed by atoms with Crippen LogP contribution in [-0.4, -0.2) is 27.9 Å². The van der Waals surface area contributed by atoms with Gasteiger partial charge < -0.3 is 14.4 Å². The third-order valence-electron chi connectivity index (χ3n) is 3.36. The van der Waals surface area contributed by atoms with Gasteiger partial charge in [0, 0.05) is 24.7 Å². The Labute approximate surface area is 106 Å². The highest BCUT2D eigenvalue weighted by molar-refractivity contribution is 5.66. The molecule has 18 heavy (non-hydrogen) atoms. The highest BCUT2D eigenvalue weighted by atomic mass is 16.5. The molecule has 4 nitrogen and oxygen atoms in total. The summed E-state index contributed by atoms with van der Waals surface area (Å²) < 4.78 is 7.47. The number of hydrogen-bond donors (Lipinski definition) is 1. The van der Waals surface area contributed by atoms with Crippen LogP contribution in [0.2, 0.25) is 0 Å². The summed E-state index contributed by atoms with van der Waals surface area (Å²) in [7, 11) is 1.67. The average molecular weight is 244 g/mol. The van der Waals surface area contributed by atoms with Gasteiger partial charge in [-0.1, -0.05) is 12.1 Å². The molecule has 1 unspecified atom stereocenters. The number of para-hydroxylation sites is 1. The zero-order valence-electron chi connectivity index (χ0n) is 10.3. The molecule has 2 heterocycles. The third kappa shape index (κ3) is 1.88. The number of aliphatic hydroxyl groups excluding tert-OH is 1. The Balaban J connectivity index is 2.02. The lowest BCUT2D eigenvalue weighted by Crippen LogP contribution is -2.22. The molecule has 1 aromatic carbocycles. The summed E-state index contributed by atoms with van der Waals surface area (Å²) in [6, 6.07) is 7.86. The molecule has 0 saturated carbocycles. The summed E-state index contributed by atoms with van der Waals surface area (Å²) in [5.41, 5.74) is 1.91. The van der Waals surface area contributed by atoms with E-state index in [1.54, 1.807) is 7.11 Å². The fourth-order valence-corrected chi connectivity index (χ4v) is 2.40. The number of aliphatic hydroxyl groups is 1. The molecule has 94 valence electrons. The SMILES string of the molecule is COc1ccccc1-c1cn2c(n1)CC(O)CC2. The van der Waals surface area contributed by atoms with E-state index in [9.17, 15) is 5.11 Å². The van der Waals surface area contributed by atoms with Gasteiger partial charge in [0.1, 0.15) is 11.6 Å². The molecule has 1 aliphatic heterocycles. The number of nitrogens with zero attached hydrogens (tertiary/aromatic N) is 2. The van der Waals surface area contributed by atoms with Crippen LogP contribution in [0.4, 0.5) is 0 Å². The molecule has 2 aromatic rings. The van der Waals surface area contributed by atoms with Gasteiger partial charge in [-0.15, -0.1) is 0 Å². The largest absolute Gasteiger partial charge is 0.496 e. The molecule has 0 spiro atoms. The van der Waals surface area contributed by atoms with Crippen molar-refractivity contribution < 1.29 is 9.84 Å². The van der Waals surface area contributed by atoms with Gasteiger partial charge in [-0.2, -0.15) is 0 Å². The quantitative estimate of drug-likeness (QED) is 0.877. The van der Waals surface area contributed by atoms with Gasteiger partial charge in [-0.3, -0.25) is 0 Å². The Morgan fingerprint density at radius 3 is 3.06 bits per heavy atom. The number of aromatic nitrogens is 2. The van der Waals surface area contributed by atoms with Crippen molar-refractivity contribution in [3.63, 3.8) is 0 Å². The lowest BCUT2D eigenvalue weighted by Gasteiger charge is -2.18. The lowest BCUT2D eigenvalue weighted by atomic mass is 10.1. The van der Waals surface area contributed by atoms with E-state index in [2.05, 4.69) is 9.55 Å². The zero-order chi connectivity index (χ0) is 12.5. The molecular weight excluding hydrogens is 228 g/mol. The average Bonchev–Trinajstić information content (AvgIpc) is 2.81. The second-order valence-corrected chi connectivity index (χ2v) is 4.58. The molecule has 0 saturated heterocycles. The summed E-state index contributed by atoms with van der Waals surface area (Å²) in [6.07, 6.45) is 3.22. The number of methoxy groups -OCH3 is 1.